The molecule has 1 aliphatic rings. The minimum Gasteiger partial charge on any atom is -0.312 e. The average Bonchev–Trinajstić information content (AvgIpc) is 2.56. The molecule has 0 saturated carbocycles. The van der Waals surface area contributed by atoms with Crippen LogP contribution in [0.4, 0.5) is 19.0 Å². The van der Waals surface area contributed by atoms with Crippen molar-refractivity contribution in [2.24, 2.45) is 14.1 Å². The largest absolute Gasteiger partial charge is 0.416 e. The van der Waals surface area contributed by atoms with Crippen molar-refractivity contribution in [1.29, 1.82) is 0 Å². The molecule has 1 atom stereocenters. The Morgan fingerprint density at radius 1 is 1.04 bits per heavy atom. The minimum atomic E-state index is -4.47. The topological polar surface area (TPSA) is 73.1 Å². The van der Waals surface area contributed by atoms with Gasteiger partial charge in [-0.05, 0) is 17.7 Å². The van der Waals surface area contributed by atoms with Gasteiger partial charge in [0.1, 0.15) is 5.82 Å². The van der Waals surface area contributed by atoms with Gasteiger partial charge in [0, 0.05) is 26.4 Å². The predicted octanol–water partition coefficient (Wildman–Crippen LogP) is 1.58. The van der Waals surface area contributed by atoms with Crippen LogP contribution in [0.25, 0.3) is 0 Å². The van der Waals surface area contributed by atoms with Crippen LogP contribution in [0, 0.1) is 0 Å². The van der Waals surface area contributed by atoms with Crippen molar-refractivity contribution in [2.45, 2.75) is 18.5 Å². The summed E-state index contributed by atoms with van der Waals surface area (Å²) in [6.45, 7) is 0. The van der Waals surface area contributed by atoms with Gasteiger partial charge in [-0.15, -0.1) is 0 Å². The number of amides is 1. The summed E-state index contributed by atoms with van der Waals surface area (Å²) in [5.41, 5.74) is -1.41. The van der Waals surface area contributed by atoms with Crippen LogP contribution in [-0.2, 0) is 25.1 Å². The molecule has 1 aliphatic heterocycles. The number of anilines is 1. The van der Waals surface area contributed by atoms with Gasteiger partial charge in [0.2, 0.25) is 5.91 Å². The first-order valence-electron chi connectivity index (χ1n) is 7.38. The third kappa shape index (κ3) is 2.75. The number of carbonyl (C=O) groups excluding carboxylic acids is 1. The molecule has 2 aromatic rings. The van der Waals surface area contributed by atoms with E-state index in [0.29, 0.717) is 5.56 Å². The molecular weight excluding hydrogens is 339 g/mol. The lowest BCUT2D eigenvalue weighted by atomic mass is 9.86. The van der Waals surface area contributed by atoms with Gasteiger partial charge in [0.05, 0.1) is 11.1 Å². The molecule has 0 radical (unpaired) electrons. The summed E-state index contributed by atoms with van der Waals surface area (Å²) in [5, 5.41) is 2.50. The van der Waals surface area contributed by atoms with Gasteiger partial charge in [0.15, 0.2) is 0 Å². The highest BCUT2D eigenvalue weighted by Gasteiger charge is 2.34. The standard InChI is InChI=1S/C16H14F3N3O3/c1-21-13-12(14(24)22(2)15(21)25)10(7-11(23)20-13)8-3-5-9(6-4-8)16(17,18)19/h3-6,10H,7H2,1-2H3,(H,20,23)/t10-/m0/s1. The molecule has 2 heterocycles. The zero-order chi connectivity index (χ0) is 18.5. The van der Waals surface area contributed by atoms with E-state index in [2.05, 4.69) is 5.32 Å². The first kappa shape index (κ1) is 17.0. The van der Waals surface area contributed by atoms with E-state index in [1.807, 2.05) is 0 Å². The van der Waals surface area contributed by atoms with Crippen molar-refractivity contribution < 1.29 is 18.0 Å². The normalized spacial score (nSPS) is 17.2. The number of benzene rings is 1. The lowest BCUT2D eigenvalue weighted by molar-refractivity contribution is -0.137. The molecule has 1 aromatic carbocycles. The van der Waals surface area contributed by atoms with Crippen LogP contribution < -0.4 is 16.6 Å². The summed E-state index contributed by atoms with van der Waals surface area (Å²) in [6, 6.07) is 4.32. The average molecular weight is 353 g/mol. The van der Waals surface area contributed by atoms with E-state index in [9.17, 15) is 27.6 Å². The van der Waals surface area contributed by atoms with E-state index >= 15 is 0 Å². The quantitative estimate of drug-likeness (QED) is 0.846. The molecule has 0 bridgehead atoms. The number of fused-ring (bicyclic) bond motifs is 1. The van der Waals surface area contributed by atoms with Crippen molar-refractivity contribution in [1.82, 2.24) is 9.13 Å². The lowest BCUT2D eigenvalue weighted by Gasteiger charge is -2.27. The van der Waals surface area contributed by atoms with Crippen molar-refractivity contribution >= 4 is 11.7 Å². The Bertz CT molecular complexity index is 972. The van der Waals surface area contributed by atoms with E-state index in [-0.39, 0.29) is 17.8 Å². The molecule has 0 fully saturated rings. The molecule has 25 heavy (non-hydrogen) atoms. The third-order valence-corrected chi connectivity index (χ3v) is 4.34. The Kier molecular flexibility index (Phi) is 3.81. The van der Waals surface area contributed by atoms with Gasteiger partial charge < -0.3 is 5.32 Å². The summed E-state index contributed by atoms with van der Waals surface area (Å²) in [7, 11) is 2.72. The Hall–Kier alpha value is -2.84. The van der Waals surface area contributed by atoms with Crippen LogP contribution in [0.5, 0.6) is 0 Å². The highest BCUT2D eigenvalue weighted by Crippen LogP contribution is 2.36. The van der Waals surface area contributed by atoms with Gasteiger partial charge in [0.25, 0.3) is 5.56 Å². The minimum absolute atomic E-state index is 0.0780. The lowest BCUT2D eigenvalue weighted by Crippen LogP contribution is -2.44. The van der Waals surface area contributed by atoms with Crippen LogP contribution in [-0.4, -0.2) is 15.0 Å². The number of hydrogen-bond donors (Lipinski definition) is 1. The van der Waals surface area contributed by atoms with E-state index in [4.69, 9.17) is 0 Å². The van der Waals surface area contributed by atoms with Crippen LogP contribution in [0.15, 0.2) is 33.9 Å². The second-order valence-corrected chi connectivity index (χ2v) is 5.89. The predicted molar refractivity (Wildman–Crippen MR) is 83.5 cm³/mol. The van der Waals surface area contributed by atoms with Gasteiger partial charge in [-0.1, -0.05) is 12.1 Å². The zero-order valence-corrected chi connectivity index (χ0v) is 13.3. The molecule has 9 heteroatoms. The Labute approximate surface area is 139 Å². The fourth-order valence-corrected chi connectivity index (χ4v) is 2.99. The van der Waals surface area contributed by atoms with E-state index in [1.165, 1.54) is 26.2 Å². The maximum Gasteiger partial charge on any atom is 0.416 e. The molecule has 0 spiro atoms. The Balaban J connectivity index is 2.19. The molecule has 0 saturated heterocycles. The number of nitrogens with zero attached hydrogens (tertiary/aromatic N) is 2. The van der Waals surface area contributed by atoms with Crippen LogP contribution >= 0.6 is 0 Å². The molecule has 1 amide bonds. The molecule has 0 unspecified atom stereocenters. The maximum atomic E-state index is 12.7. The molecule has 0 aliphatic carbocycles. The summed E-state index contributed by atoms with van der Waals surface area (Å²) >= 11 is 0. The van der Waals surface area contributed by atoms with Gasteiger partial charge in [-0.3, -0.25) is 18.7 Å². The van der Waals surface area contributed by atoms with Gasteiger partial charge >= 0.3 is 11.9 Å². The SMILES string of the molecule is Cn1c2c(c(=O)n(C)c1=O)[C@H](c1ccc(C(F)(F)F)cc1)CC(=O)N2. The molecule has 132 valence electrons. The molecular formula is C16H14F3N3O3. The Morgan fingerprint density at radius 2 is 1.64 bits per heavy atom. The third-order valence-electron chi connectivity index (χ3n) is 4.34. The van der Waals surface area contributed by atoms with E-state index in [0.717, 1.165) is 21.3 Å². The van der Waals surface area contributed by atoms with Crippen molar-refractivity contribution in [3.8, 4) is 0 Å². The molecule has 6 nitrogen and oxygen atoms in total. The smallest absolute Gasteiger partial charge is 0.312 e. The Morgan fingerprint density at radius 3 is 2.20 bits per heavy atom. The number of carbonyl (C=O) groups is 1. The number of alkyl halides is 3. The van der Waals surface area contributed by atoms with Crippen molar-refractivity contribution in [2.75, 3.05) is 5.32 Å². The summed E-state index contributed by atoms with van der Waals surface area (Å²) in [6.07, 6.45) is -4.56. The fourth-order valence-electron chi connectivity index (χ4n) is 2.99. The molecule has 1 N–H and O–H groups in total. The summed E-state index contributed by atoms with van der Waals surface area (Å²) in [4.78, 5) is 36.5. The number of halogens is 3. The maximum absolute atomic E-state index is 12.7. The van der Waals surface area contributed by atoms with Crippen LogP contribution in [0.2, 0.25) is 0 Å². The van der Waals surface area contributed by atoms with Crippen molar-refractivity contribution in [3.63, 3.8) is 0 Å². The highest BCUT2D eigenvalue weighted by molar-refractivity contribution is 5.94. The number of nitrogens with one attached hydrogen (secondary N) is 1. The van der Waals surface area contributed by atoms with E-state index < -0.39 is 34.8 Å². The second-order valence-electron chi connectivity index (χ2n) is 5.89. The summed E-state index contributed by atoms with van der Waals surface area (Å²) < 4.78 is 40.2. The van der Waals surface area contributed by atoms with Gasteiger partial charge in [-0.2, -0.15) is 13.2 Å². The van der Waals surface area contributed by atoms with Crippen molar-refractivity contribution in [3.05, 3.63) is 61.8 Å². The molecule has 3 rings (SSSR count). The first-order chi connectivity index (χ1) is 11.6. The number of aromatic nitrogens is 2. The molecule has 1 aromatic heterocycles. The second kappa shape index (κ2) is 5.61. The van der Waals surface area contributed by atoms with E-state index in [1.54, 1.807) is 0 Å². The summed E-state index contributed by atoms with van der Waals surface area (Å²) in [5.74, 6) is -1.06. The highest BCUT2D eigenvalue weighted by atomic mass is 19.4. The zero-order valence-electron chi connectivity index (χ0n) is 13.3. The fraction of sp³-hybridized carbons (Fsp3) is 0.312. The first-order valence-corrected chi connectivity index (χ1v) is 7.38. The monoisotopic (exact) mass is 353 g/mol. The number of hydrogen-bond acceptors (Lipinski definition) is 3. The van der Waals surface area contributed by atoms with Crippen LogP contribution in [0.1, 0.15) is 29.0 Å². The van der Waals surface area contributed by atoms with Gasteiger partial charge in [-0.25, -0.2) is 4.79 Å². The number of rotatable bonds is 1. The van der Waals surface area contributed by atoms with Crippen LogP contribution in [0.3, 0.4) is 0 Å².